The fourth-order valence-electron chi connectivity index (χ4n) is 1.55. The molecule has 3 aromatic rings. The molecule has 5 heteroatoms. The molecule has 2 aromatic heterocycles. The van der Waals surface area contributed by atoms with Crippen LogP contribution in [-0.4, -0.2) is 19.6 Å². The maximum Gasteiger partial charge on any atom is 0.182 e. The molecule has 3 rings (SSSR count). The minimum Gasteiger partial charge on any atom is -0.336 e. The Balaban J connectivity index is 2.22. The van der Waals surface area contributed by atoms with Gasteiger partial charge < -0.3 is 5.84 Å². The molecule has 0 spiro atoms. The summed E-state index contributed by atoms with van der Waals surface area (Å²) in [7, 11) is 0. The molecule has 0 bridgehead atoms. The standard InChI is InChI=1S/C11H9N5/c12-16-7-14-9-6-13-10(15-11(9)16)8-4-2-1-3-5-8/h1-7H,12H2. The van der Waals surface area contributed by atoms with E-state index >= 15 is 0 Å². The zero-order valence-corrected chi connectivity index (χ0v) is 8.41. The maximum absolute atomic E-state index is 5.69. The quantitative estimate of drug-likeness (QED) is 0.614. The average molecular weight is 211 g/mol. The second-order valence-corrected chi connectivity index (χ2v) is 3.42. The van der Waals surface area contributed by atoms with E-state index in [1.54, 1.807) is 6.20 Å². The van der Waals surface area contributed by atoms with E-state index in [1.807, 2.05) is 30.3 Å². The number of hydrogen-bond donors (Lipinski definition) is 1. The minimum atomic E-state index is 0.633. The molecule has 1 aromatic carbocycles. The van der Waals surface area contributed by atoms with Crippen LogP contribution in [0.3, 0.4) is 0 Å². The Morgan fingerprint density at radius 3 is 2.69 bits per heavy atom. The fourth-order valence-corrected chi connectivity index (χ4v) is 1.55. The number of rotatable bonds is 1. The summed E-state index contributed by atoms with van der Waals surface area (Å²) in [5.41, 5.74) is 2.29. The van der Waals surface area contributed by atoms with Gasteiger partial charge in [0.15, 0.2) is 11.5 Å². The molecular formula is C11H9N5. The molecule has 0 aliphatic carbocycles. The lowest BCUT2D eigenvalue weighted by Crippen LogP contribution is -2.07. The van der Waals surface area contributed by atoms with Gasteiger partial charge >= 0.3 is 0 Å². The largest absolute Gasteiger partial charge is 0.336 e. The van der Waals surface area contributed by atoms with Crippen molar-refractivity contribution in [2.75, 3.05) is 5.84 Å². The van der Waals surface area contributed by atoms with E-state index in [4.69, 9.17) is 5.84 Å². The van der Waals surface area contributed by atoms with Crippen LogP contribution in [0.4, 0.5) is 0 Å². The van der Waals surface area contributed by atoms with Crippen molar-refractivity contribution in [3.05, 3.63) is 42.9 Å². The molecule has 0 aliphatic rings. The second kappa shape index (κ2) is 3.30. The summed E-state index contributed by atoms with van der Waals surface area (Å²) in [5.74, 6) is 6.34. The van der Waals surface area contributed by atoms with Crippen molar-refractivity contribution >= 4 is 11.2 Å². The Labute approximate surface area is 91.6 Å². The first kappa shape index (κ1) is 8.84. The van der Waals surface area contributed by atoms with E-state index in [9.17, 15) is 0 Å². The Morgan fingerprint density at radius 2 is 1.88 bits per heavy atom. The number of benzene rings is 1. The summed E-state index contributed by atoms with van der Waals surface area (Å²) < 4.78 is 1.39. The number of imidazole rings is 1. The fraction of sp³-hybridized carbons (Fsp3) is 0. The number of nitrogen functional groups attached to an aromatic ring is 1. The van der Waals surface area contributed by atoms with Gasteiger partial charge in [-0.2, -0.15) is 0 Å². The molecule has 16 heavy (non-hydrogen) atoms. The van der Waals surface area contributed by atoms with E-state index < -0.39 is 0 Å². The van der Waals surface area contributed by atoms with Gasteiger partial charge in [0.05, 0.1) is 6.20 Å². The molecule has 0 saturated carbocycles. The van der Waals surface area contributed by atoms with Crippen molar-refractivity contribution in [3.63, 3.8) is 0 Å². The van der Waals surface area contributed by atoms with E-state index in [0.717, 1.165) is 5.56 Å². The van der Waals surface area contributed by atoms with Crippen molar-refractivity contribution in [2.24, 2.45) is 0 Å². The predicted octanol–water partition coefficient (Wildman–Crippen LogP) is 1.21. The van der Waals surface area contributed by atoms with Gasteiger partial charge in [-0.1, -0.05) is 30.3 Å². The van der Waals surface area contributed by atoms with Crippen LogP contribution in [0.15, 0.2) is 42.9 Å². The molecule has 2 N–H and O–H groups in total. The van der Waals surface area contributed by atoms with Crippen LogP contribution < -0.4 is 5.84 Å². The van der Waals surface area contributed by atoms with Crippen molar-refractivity contribution in [1.29, 1.82) is 0 Å². The smallest absolute Gasteiger partial charge is 0.182 e. The maximum atomic E-state index is 5.69. The third kappa shape index (κ3) is 1.30. The Kier molecular flexibility index (Phi) is 1.83. The number of nitrogens with two attached hydrogens (primary N) is 1. The molecule has 0 saturated heterocycles. The highest BCUT2D eigenvalue weighted by atomic mass is 15.3. The van der Waals surface area contributed by atoms with Crippen LogP contribution in [0, 0.1) is 0 Å². The normalized spacial score (nSPS) is 10.8. The van der Waals surface area contributed by atoms with Gasteiger partial charge in [-0.15, -0.1) is 0 Å². The summed E-state index contributed by atoms with van der Waals surface area (Å²) >= 11 is 0. The van der Waals surface area contributed by atoms with Gasteiger partial charge in [0.2, 0.25) is 0 Å². The SMILES string of the molecule is Nn1cnc2cnc(-c3ccccc3)nc21. The number of nitrogens with zero attached hydrogens (tertiary/aromatic N) is 4. The van der Waals surface area contributed by atoms with Gasteiger partial charge in [0, 0.05) is 5.56 Å². The highest BCUT2D eigenvalue weighted by Gasteiger charge is 2.05. The molecule has 0 radical (unpaired) electrons. The van der Waals surface area contributed by atoms with Crippen LogP contribution in [0.1, 0.15) is 0 Å². The molecule has 0 atom stereocenters. The van der Waals surface area contributed by atoms with Gasteiger partial charge in [0.25, 0.3) is 0 Å². The van der Waals surface area contributed by atoms with Crippen LogP contribution in [0.25, 0.3) is 22.6 Å². The van der Waals surface area contributed by atoms with Crippen molar-refractivity contribution in [3.8, 4) is 11.4 Å². The van der Waals surface area contributed by atoms with Crippen molar-refractivity contribution in [1.82, 2.24) is 19.6 Å². The lowest BCUT2D eigenvalue weighted by atomic mass is 10.2. The van der Waals surface area contributed by atoms with Gasteiger partial charge in [0.1, 0.15) is 11.8 Å². The first-order chi connectivity index (χ1) is 7.84. The van der Waals surface area contributed by atoms with Gasteiger partial charge in [-0.3, -0.25) is 0 Å². The molecule has 0 fully saturated rings. The third-order valence-electron chi connectivity index (χ3n) is 2.35. The number of hydrogen-bond acceptors (Lipinski definition) is 4. The monoisotopic (exact) mass is 211 g/mol. The van der Waals surface area contributed by atoms with Crippen LogP contribution >= 0.6 is 0 Å². The van der Waals surface area contributed by atoms with E-state index in [1.165, 1.54) is 11.0 Å². The van der Waals surface area contributed by atoms with E-state index in [-0.39, 0.29) is 0 Å². The summed E-state index contributed by atoms with van der Waals surface area (Å²) in [4.78, 5) is 12.7. The minimum absolute atomic E-state index is 0.633. The molecule has 0 amide bonds. The average Bonchev–Trinajstić information content (AvgIpc) is 2.72. The van der Waals surface area contributed by atoms with E-state index in [2.05, 4.69) is 15.0 Å². The second-order valence-electron chi connectivity index (χ2n) is 3.42. The van der Waals surface area contributed by atoms with E-state index in [0.29, 0.717) is 17.0 Å². The molecule has 0 unspecified atom stereocenters. The van der Waals surface area contributed by atoms with Crippen LogP contribution in [0.2, 0.25) is 0 Å². The van der Waals surface area contributed by atoms with Gasteiger partial charge in [-0.25, -0.2) is 19.6 Å². The first-order valence-electron chi connectivity index (χ1n) is 4.85. The van der Waals surface area contributed by atoms with Crippen molar-refractivity contribution < 1.29 is 0 Å². The Hall–Kier alpha value is -2.43. The zero-order valence-electron chi connectivity index (χ0n) is 8.41. The first-order valence-corrected chi connectivity index (χ1v) is 4.85. The highest BCUT2D eigenvalue weighted by Crippen LogP contribution is 2.16. The Bertz CT molecular complexity index is 629. The Morgan fingerprint density at radius 1 is 1.06 bits per heavy atom. The zero-order chi connectivity index (χ0) is 11.0. The summed E-state index contributed by atoms with van der Waals surface area (Å²) in [6.07, 6.45) is 3.20. The lowest BCUT2D eigenvalue weighted by Gasteiger charge is -1.99. The molecule has 0 aliphatic heterocycles. The highest BCUT2D eigenvalue weighted by molar-refractivity contribution is 5.72. The van der Waals surface area contributed by atoms with Crippen LogP contribution in [-0.2, 0) is 0 Å². The van der Waals surface area contributed by atoms with Crippen LogP contribution in [0.5, 0.6) is 0 Å². The summed E-state index contributed by atoms with van der Waals surface area (Å²) in [5, 5.41) is 0. The molecule has 5 nitrogen and oxygen atoms in total. The topological polar surface area (TPSA) is 69.6 Å². The number of aromatic nitrogens is 4. The molecule has 78 valence electrons. The lowest BCUT2D eigenvalue weighted by molar-refractivity contribution is 1.01. The van der Waals surface area contributed by atoms with Crippen molar-refractivity contribution in [2.45, 2.75) is 0 Å². The summed E-state index contributed by atoms with van der Waals surface area (Å²) in [6, 6.07) is 9.76. The number of fused-ring (bicyclic) bond motifs is 1. The predicted molar refractivity (Wildman–Crippen MR) is 60.9 cm³/mol. The third-order valence-corrected chi connectivity index (χ3v) is 2.35. The van der Waals surface area contributed by atoms with Gasteiger partial charge in [-0.05, 0) is 0 Å². The molecular weight excluding hydrogens is 202 g/mol. The summed E-state index contributed by atoms with van der Waals surface area (Å²) in [6.45, 7) is 0. The molecule has 2 heterocycles.